The fourth-order valence-electron chi connectivity index (χ4n) is 3.07. The molecule has 2 aromatic rings. The first kappa shape index (κ1) is 28.6. The maximum absolute atomic E-state index is 12.0. The first-order valence-electron chi connectivity index (χ1n) is 9.84. The molecule has 1 aliphatic rings. The van der Waals surface area contributed by atoms with Crippen LogP contribution in [0.1, 0.15) is 6.23 Å². The molecule has 2 aromatic heterocycles. The number of hydrogen-bond donors (Lipinski definition) is 7. The average molecular weight is 558 g/mol. The Morgan fingerprint density at radius 1 is 1.19 bits per heavy atom. The number of phosphoric ester groups is 2. The lowest BCUT2D eigenvalue weighted by atomic mass is 10.1. The second-order valence-electron chi connectivity index (χ2n) is 7.40. The largest absolute Gasteiger partial charge is 0.756 e. The number of fused-ring (bicyclic) bond motifs is 1. The van der Waals surface area contributed by atoms with Crippen molar-refractivity contribution in [2.45, 2.75) is 42.9 Å². The average Bonchev–Trinajstić information content (AvgIpc) is 3.36. The second-order valence-corrected chi connectivity index (χ2v) is 10.4. The van der Waals surface area contributed by atoms with E-state index in [-0.39, 0.29) is 23.3 Å². The lowest BCUT2D eigenvalue weighted by molar-refractivity contribution is -0.221. The zero-order valence-electron chi connectivity index (χ0n) is 17.9. The summed E-state index contributed by atoms with van der Waals surface area (Å²) in [6.45, 7) is -2.20. The summed E-state index contributed by atoms with van der Waals surface area (Å²) in [7, 11) is -11.1. The highest BCUT2D eigenvalue weighted by Gasteiger charge is 2.45. The molecule has 8 N–H and O–H groups in total. The van der Waals surface area contributed by atoms with E-state index in [0.717, 1.165) is 6.33 Å². The Labute approximate surface area is 200 Å². The van der Waals surface area contributed by atoms with Crippen LogP contribution in [0.2, 0.25) is 0 Å². The number of aldehydes is 1. The van der Waals surface area contributed by atoms with Crippen LogP contribution in [0, 0.1) is 0 Å². The predicted molar refractivity (Wildman–Crippen MR) is 110 cm³/mol. The molecule has 0 radical (unpaired) electrons. The molecular formula is C15H22N5O14P2-. The molecule has 36 heavy (non-hydrogen) atoms. The van der Waals surface area contributed by atoms with Crippen LogP contribution >= 0.6 is 15.6 Å². The van der Waals surface area contributed by atoms with Crippen LogP contribution in [-0.2, 0) is 32.0 Å². The molecule has 202 valence electrons. The molecule has 0 amide bonds. The van der Waals surface area contributed by atoms with E-state index >= 15 is 0 Å². The topological polar surface area (TPSA) is 302 Å². The number of rotatable bonds is 12. The summed E-state index contributed by atoms with van der Waals surface area (Å²) >= 11 is 0. The van der Waals surface area contributed by atoms with Gasteiger partial charge in [0, 0.05) is 0 Å². The van der Waals surface area contributed by atoms with E-state index in [2.05, 4.69) is 28.3 Å². The minimum absolute atomic E-state index is 0.0382. The van der Waals surface area contributed by atoms with Crippen molar-refractivity contribution in [2.24, 2.45) is 0 Å². The molecule has 9 unspecified atom stereocenters. The molecule has 21 heteroatoms. The van der Waals surface area contributed by atoms with E-state index in [1.54, 1.807) is 0 Å². The number of nitrogens with two attached hydrogens (primary N) is 1. The van der Waals surface area contributed by atoms with Crippen molar-refractivity contribution in [1.82, 2.24) is 19.5 Å². The van der Waals surface area contributed by atoms with Crippen molar-refractivity contribution in [3.63, 3.8) is 0 Å². The lowest BCUT2D eigenvalue weighted by Crippen LogP contribution is -2.40. The molecular weight excluding hydrogens is 536 g/mol. The quantitative estimate of drug-likeness (QED) is 0.0962. The summed E-state index contributed by atoms with van der Waals surface area (Å²) in [5, 5.41) is 48.6. The highest BCUT2D eigenvalue weighted by molar-refractivity contribution is 7.60. The van der Waals surface area contributed by atoms with Gasteiger partial charge in [0.2, 0.25) is 0 Å². The molecule has 1 aliphatic heterocycles. The number of nitrogen functional groups attached to an aromatic ring is 1. The smallest absolute Gasteiger partial charge is 0.478 e. The number of carbonyl (C=O) groups excluding carboxylic acids is 1. The zero-order valence-corrected chi connectivity index (χ0v) is 19.7. The Morgan fingerprint density at radius 3 is 2.56 bits per heavy atom. The Bertz CT molecular complexity index is 1170. The summed E-state index contributed by atoms with van der Waals surface area (Å²) in [4.78, 5) is 43.6. The predicted octanol–water partition coefficient (Wildman–Crippen LogP) is -4.07. The molecule has 3 rings (SSSR count). The standard InChI is InChI=1S/C15H23N5O14P2/c16-13-9-14(18-4-17-13)20(5-19-9)15-12(26)11(25)8(33-15)3-32-36(29,30)34-35(27,28)31-2-7(23)10(24)6(22)1-21/h1,4-8,10-12,15,22-26H,2-3H2,(H,27,28)(H,29,30)(H2,16,17,18)/p-1. The van der Waals surface area contributed by atoms with Crippen molar-refractivity contribution in [3.8, 4) is 0 Å². The number of hydrogen-bond acceptors (Lipinski definition) is 17. The molecule has 0 spiro atoms. The highest BCUT2D eigenvalue weighted by Crippen LogP contribution is 2.58. The number of aromatic nitrogens is 4. The molecule has 19 nitrogen and oxygen atoms in total. The van der Waals surface area contributed by atoms with Gasteiger partial charge in [0.05, 0.1) is 19.5 Å². The molecule has 0 aliphatic carbocycles. The Kier molecular flexibility index (Phi) is 8.90. The van der Waals surface area contributed by atoms with Gasteiger partial charge in [0.25, 0.3) is 7.82 Å². The third-order valence-corrected chi connectivity index (χ3v) is 7.46. The summed E-state index contributed by atoms with van der Waals surface area (Å²) in [5.74, 6) is 0.0382. The van der Waals surface area contributed by atoms with Gasteiger partial charge in [-0.25, -0.2) is 23.8 Å². The number of aliphatic hydroxyl groups is 5. The Hall–Kier alpha value is -1.96. The fraction of sp³-hybridized carbons (Fsp3) is 0.600. The lowest BCUT2D eigenvalue weighted by Gasteiger charge is -2.27. The number of ether oxygens (including phenoxy) is 1. The zero-order chi connectivity index (χ0) is 26.8. The monoisotopic (exact) mass is 558 g/mol. The van der Waals surface area contributed by atoms with Gasteiger partial charge >= 0.3 is 7.82 Å². The maximum atomic E-state index is 12.0. The van der Waals surface area contributed by atoms with Crippen LogP contribution in [0.15, 0.2) is 12.7 Å². The maximum Gasteiger partial charge on any atom is 0.478 e. The number of phosphoric acid groups is 2. The number of nitrogens with zero attached hydrogens (tertiary/aromatic N) is 4. The van der Waals surface area contributed by atoms with Crippen LogP contribution < -0.4 is 10.6 Å². The number of carbonyl (C=O) groups is 1. The van der Waals surface area contributed by atoms with Gasteiger partial charge < -0.3 is 55.1 Å². The third-order valence-electron chi connectivity index (χ3n) is 4.89. The van der Waals surface area contributed by atoms with E-state index in [1.807, 2.05) is 0 Å². The van der Waals surface area contributed by atoms with Crippen molar-refractivity contribution >= 4 is 38.9 Å². The van der Waals surface area contributed by atoms with Gasteiger partial charge in [0.1, 0.15) is 48.5 Å². The summed E-state index contributed by atoms with van der Waals surface area (Å²) in [5.41, 5.74) is 6.02. The van der Waals surface area contributed by atoms with Crippen LogP contribution in [0.3, 0.4) is 0 Å². The molecule has 1 saturated heterocycles. The minimum Gasteiger partial charge on any atom is -0.756 e. The fourth-order valence-corrected chi connectivity index (χ4v) is 5.13. The van der Waals surface area contributed by atoms with Gasteiger partial charge in [-0.2, -0.15) is 0 Å². The van der Waals surface area contributed by atoms with E-state index in [0.29, 0.717) is 0 Å². The number of imidazole rings is 1. The molecule has 3 heterocycles. The van der Waals surface area contributed by atoms with Gasteiger partial charge in [-0.15, -0.1) is 0 Å². The van der Waals surface area contributed by atoms with Crippen LogP contribution in [0.25, 0.3) is 11.2 Å². The van der Waals surface area contributed by atoms with E-state index in [9.17, 15) is 44.1 Å². The first-order chi connectivity index (χ1) is 16.8. The van der Waals surface area contributed by atoms with Gasteiger partial charge in [-0.3, -0.25) is 13.7 Å². The normalized spacial score (nSPS) is 28.3. The van der Waals surface area contributed by atoms with Crippen molar-refractivity contribution in [3.05, 3.63) is 12.7 Å². The number of anilines is 1. The summed E-state index contributed by atoms with van der Waals surface area (Å²) in [6.07, 6.45) is -10.1. The molecule has 0 aromatic carbocycles. The van der Waals surface area contributed by atoms with E-state index in [1.165, 1.54) is 10.9 Å². The van der Waals surface area contributed by atoms with Crippen LogP contribution in [0.5, 0.6) is 0 Å². The van der Waals surface area contributed by atoms with Crippen LogP contribution in [0.4, 0.5) is 5.82 Å². The van der Waals surface area contributed by atoms with Gasteiger partial charge in [-0.1, -0.05) is 0 Å². The third kappa shape index (κ3) is 6.48. The van der Waals surface area contributed by atoms with E-state index < -0.39 is 71.7 Å². The van der Waals surface area contributed by atoms with Crippen molar-refractivity contribution in [2.75, 3.05) is 18.9 Å². The SMILES string of the molecule is Nc1ncnc2c1ncn2C1OC(COP(=O)(O)OP(=O)([O-])OCC(O)C(O)C(O)C=O)C(O)C1O. The summed E-state index contributed by atoms with van der Waals surface area (Å²) < 4.78 is 43.1. The Balaban J connectivity index is 1.58. The molecule has 1 fully saturated rings. The summed E-state index contributed by atoms with van der Waals surface area (Å²) in [6, 6.07) is 0. The minimum atomic E-state index is -5.64. The van der Waals surface area contributed by atoms with Crippen molar-refractivity contribution < 1.29 is 67.3 Å². The van der Waals surface area contributed by atoms with Crippen LogP contribution in [-0.4, -0.2) is 106 Å². The first-order valence-corrected chi connectivity index (χ1v) is 12.8. The van der Waals surface area contributed by atoms with Gasteiger partial charge in [0.15, 0.2) is 24.0 Å². The van der Waals surface area contributed by atoms with Gasteiger partial charge in [-0.05, 0) is 0 Å². The van der Waals surface area contributed by atoms with Crippen molar-refractivity contribution in [1.29, 1.82) is 0 Å². The Morgan fingerprint density at radius 2 is 1.89 bits per heavy atom. The number of aliphatic hydroxyl groups excluding tert-OH is 5. The highest BCUT2D eigenvalue weighted by atomic mass is 31.3. The molecule has 0 bridgehead atoms. The molecule has 9 atom stereocenters. The van der Waals surface area contributed by atoms with E-state index in [4.69, 9.17) is 15.6 Å². The second kappa shape index (κ2) is 11.2. The molecule has 0 saturated carbocycles.